The largest absolute Gasteiger partial charge is 0.341 e. The second kappa shape index (κ2) is 7.04. The number of nitrogens with zero attached hydrogens (tertiary/aromatic N) is 2. The van der Waals surface area contributed by atoms with Gasteiger partial charge < -0.3 is 4.90 Å². The fourth-order valence-corrected chi connectivity index (χ4v) is 2.21. The van der Waals surface area contributed by atoms with Crippen LogP contribution in [0.4, 0.5) is 5.69 Å². The molecule has 2 aromatic carbocycles. The van der Waals surface area contributed by atoms with E-state index in [1.165, 1.54) is 6.07 Å². The van der Waals surface area contributed by atoms with E-state index in [0.29, 0.717) is 17.1 Å². The fourth-order valence-electron chi connectivity index (χ4n) is 2.09. The second-order valence-corrected chi connectivity index (χ2v) is 5.38. The molecule has 2 rings (SSSR count). The van der Waals surface area contributed by atoms with Gasteiger partial charge in [0.2, 0.25) is 5.91 Å². The number of hydrogen-bond acceptors (Lipinski definition) is 3. The van der Waals surface area contributed by atoms with Gasteiger partial charge in [-0.1, -0.05) is 41.9 Å². The van der Waals surface area contributed by atoms with Crippen LogP contribution in [0.2, 0.25) is 5.02 Å². The molecule has 6 heteroatoms. The van der Waals surface area contributed by atoms with Crippen molar-refractivity contribution in [2.75, 3.05) is 7.05 Å². The average Bonchev–Trinajstić information content (AvgIpc) is 2.49. The highest BCUT2D eigenvalue weighted by Gasteiger charge is 2.17. The van der Waals surface area contributed by atoms with Crippen LogP contribution in [0, 0.1) is 10.1 Å². The van der Waals surface area contributed by atoms with Gasteiger partial charge in [0.25, 0.3) is 5.69 Å². The number of likely N-dealkylation sites (N-methyl/N-ethyl adjacent to an activating group) is 1. The highest BCUT2D eigenvalue weighted by molar-refractivity contribution is 6.30. The number of amides is 1. The number of rotatable bonds is 5. The van der Waals surface area contributed by atoms with E-state index in [2.05, 4.69) is 0 Å². The Morgan fingerprint density at radius 2 is 1.82 bits per heavy atom. The Labute approximate surface area is 133 Å². The molecule has 22 heavy (non-hydrogen) atoms. The van der Waals surface area contributed by atoms with E-state index in [1.54, 1.807) is 42.3 Å². The van der Waals surface area contributed by atoms with E-state index in [4.69, 9.17) is 11.6 Å². The van der Waals surface area contributed by atoms with Gasteiger partial charge in [0, 0.05) is 30.2 Å². The molecule has 0 heterocycles. The summed E-state index contributed by atoms with van der Waals surface area (Å²) in [4.78, 5) is 24.3. The third kappa shape index (κ3) is 4.05. The highest BCUT2D eigenvalue weighted by Crippen LogP contribution is 2.19. The molecule has 0 aliphatic heterocycles. The number of para-hydroxylation sites is 1. The molecule has 0 unspecified atom stereocenters. The molecule has 1 amide bonds. The van der Waals surface area contributed by atoms with Crippen molar-refractivity contribution in [3.05, 3.63) is 74.8 Å². The summed E-state index contributed by atoms with van der Waals surface area (Å²) in [6.07, 6.45) is 0.00123. The lowest BCUT2D eigenvalue weighted by molar-refractivity contribution is -0.385. The van der Waals surface area contributed by atoms with Crippen LogP contribution in [0.3, 0.4) is 0 Å². The van der Waals surface area contributed by atoms with E-state index < -0.39 is 4.92 Å². The summed E-state index contributed by atoms with van der Waals surface area (Å²) in [5.41, 5.74) is 1.33. The van der Waals surface area contributed by atoms with Gasteiger partial charge in [-0.2, -0.15) is 0 Å². The number of carbonyl (C=O) groups is 1. The van der Waals surface area contributed by atoms with Crippen molar-refractivity contribution in [2.24, 2.45) is 0 Å². The zero-order valence-corrected chi connectivity index (χ0v) is 12.8. The van der Waals surface area contributed by atoms with Crippen molar-refractivity contribution < 1.29 is 9.72 Å². The third-order valence-corrected chi connectivity index (χ3v) is 3.54. The number of nitro benzene ring substituents is 1. The first kappa shape index (κ1) is 16.0. The lowest BCUT2D eigenvalue weighted by atomic mass is 10.1. The summed E-state index contributed by atoms with van der Waals surface area (Å²) >= 11 is 5.82. The van der Waals surface area contributed by atoms with Crippen LogP contribution >= 0.6 is 11.6 Å². The third-order valence-electron chi connectivity index (χ3n) is 3.29. The van der Waals surface area contributed by atoms with Gasteiger partial charge in [-0.3, -0.25) is 14.9 Å². The number of hydrogen-bond donors (Lipinski definition) is 0. The van der Waals surface area contributed by atoms with Gasteiger partial charge in [0.05, 0.1) is 11.3 Å². The Morgan fingerprint density at radius 3 is 2.45 bits per heavy atom. The number of halogens is 1. The number of nitro groups is 1. The molecule has 0 aliphatic rings. The van der Waals surface area contributed by atoms with Gasteiger partial charge in [-0.25, -0.2) is 0 Å². The minimum absolute atomic E-state index is 0.00123. The maximum Gasteiger partial charge on any atom is 0.273 e. The zero-order chi connectivity index (χ0) is 16.1. The second-order valence-electron chi connectivity index (χ2n) is 4.94. The maximum atomic E-state index is 12.2. The fraction of sp³-hybridized carbons (Fsp3) is 0.188. The summed E-state index contributed by atoms with van der Waals surface area (Å²) in [6, 6.07) is 13.5. The van der Waals surface area contributed by atoms with Crippen molar-refractivity contribution in [2.45, 2.75) is 13.0 Å². The standard InChI is InChI=1S/C16H15ClN2O3/c1-18(11-12-6-8-14(17)9-7-12)16(20)10-13-4-2-3-5-15(13)19(21)22/h2-9H,10-11H2,1H3. The molecule has 0 spiro atoms. The van der Waals surface area contributed by atoms with Crippen LogP contribution in [-0.2, 0) is 17.8 Å². The lowest BCUT2D eigenvalue weighted by Gasteiger charge is -2.17. The Bertz CT molecular complexity index is 686. The topological polar surface area (TPSA) is 63.5 Å². The lowest BCUT2D eigenvalue weighted by Crippen LogP contribution is -2.27. The molecule has 0 saturated carbocycles. The van der Waals surface area contributed by atoms with Gasteiger partial charge in [-0.15, -0.1) is 0 Å². The predicted octanol–water partition coefficient (Wildman–Crippen LogP) is 3.45. The first-order valence-corrected chi connectivity index (χ1v) is 7.06. The first-order valence-electron chi connectivity index (χ1n) is 6.68. The summed E-state index contributed by atoms with van der Waals surface area (Å²) in [7, 11) is 1.67. The van der Waals surface area contributed by atoms with Gasteiger partial charge in [-0.05, 0) is 17.7 Å². The monoisotopic (exact) mass is 318 g/mol. The molecule has 0 saturated heterocycles. The molecular weight excluding hydrogens is 304 g/mol. The average molecular weight is 319 g/mol. The molecule has 0 atom stereocenters. The van der Waals surface area contributed by atoms with E-state index in [1.807, 2.05) is 12.1 Å². The molecule has 5 nitrogen and oxygen atoms in total. The molecule has 0 aromatic heterocycles. The van der Waals surface area contributed by atoms with Crippen LogP contribution in [0.1, 0.15) is 11.1 Å². The minimum Gasteiger partial charge on any atom is -0.341 e. The van der Waals surface area contributed by atoms with Gasteiger partial charge in [0.15, 0.2) is 0 Å². The van der Waals surface area contributed by atoms with Crippen molar-refractivity contribution in [3.63, 3.8) is 0 Å². The Kier molecular flexibility index (Phi) is 5.12. The van der Waals surface area contributed by atoms with Crippen molar-refractivity contribution in [3.8, 4) is 0 Å². The van der Waals surface area contributed by atoms with Crippen molar-refractivity contribution in [1.82, 2.24) is 4.90 Å². The minimum atomic E-state index is -0.470. The van der Waals surface area contributed by atoms with Crippen LogP contribution in [0.15, 0.2) is 48.5 Å². The molecule has 0 aliphatic carbocycles. The molecule has 0 fully saturated rings. The van der Waals surface area contributed by atoms with Gasteiger partial charge >= 0.3 is 0 Å². The molecular formula is C16H15ClN2O3. The smallest absolute Gasteiger partial charge is 0.273 e. The van der Waals surface area contributed by atoms with E-state index in [0.717, 1.165) is 5.56 Å². The van der Waals surface area contributed by atoms with Crippen LogP contribution < -0.4 is 0 Å². The predicted molar refractivity (Wildman–Crippen MR) is 84.7 cm³/mol. The molecule has 0 N–H and O–H groups in total. The Morgan fingerprint density at radius 1 is 1.18 bits per heavy atom. The highest BCUT2D eigenvalue weighted by atomic mass is 35.5. The zero-order valence-electron chi connectivity index (χ0n) is 12.0. The normalized spacial score (nSPS) is 10.3. The van der Waals surface area contributed by atoms with Crippen LogP contribution in [0.5, 0.6) is 0 Å². The molecule has 2 aromatic rings. The van der Waals surface area contributed by atoms with E-state index in [-0.39, 0.29) is 18.0 Å². The summed E-state index contributed by atoms with van der Waals surface area (Å²) in [6.45, 7) is 0.427. The molecule has 0 bridgehead atoms. The maximum absolute atomic E-state index is 12.2. The van der Waals surface area contributed by atoms with Crippen molar-refractivity contribution in [1.29, 1.82) is 0 Å². The Balaban J connectivity index is 2.05. The summed E-state index contributed by atoms with van der Waals surface area (Å²) in [5, 5.41) is 11.6. The van der Waals surface area contributed by atoms with E-state index >= 15 is 0 Å². The first-order chi connectivity index (χ1) is 10.5. The summed E-state index contributed by atoms with van der Waals surface area (Å²) in [5.74, 6) is -0.177. The number of benzene rings is 2. The molecule has 0 radical (unpaired) electrons. The quantitative estimate of drug-likeness (QED) is 0.626. The SMILES string of the molecule is CN(Cc1ccc(Cl)cc1)C(=O)Cc1ccccc1[N+](=O)[O-]. The van der Waals surface area contributed by atoms with Crippen LogP contribution in [-0.4, -0.2) is 22.8 Å². The Hall–Kier alpha value is -2.40. The molecule has 114 valence electrons. The van der Waals surface area contributed by atoms with Crippen molar-refractivity contribution >= 4 is 23.2 Å². The number of carbonyl (C=O) groups excluding carboxylic acids is 1. The van der Waals surface area contributed by atoms with E-state index in [9.17, 15) is 14.9 Å². The van der Waals surface area contributed by atoms with Crippen LogP contribution in [0.25, 0.3) is 0 Å². The summed E-state index contributed by atoms with van der Waals surface area (Å²) < 4.78 is 0. The van der Waals surface area contributed by atoms with Gasteiger partial charge in [0.1, 0.15) is 0 Å².